The maximum Gasteiger partial charge on any atom is 0.123 e. The predicted octanol–water partition coefficient (Wildman–Crippen LogP) is 3.93. The van der Waals surface area contributed by atoms with Gasteiger partial charge in [0, 0.05) is 12.5 Å². The molecule has 1 unspecified atom stereocenters. The van der Waals surface area contributed by atoms with E-state index in [4.69, 9.17) is 16.3 Å². The molecule has 94 valence electrons. The molecule has 0 spiro atoms. The van der Waals surface area contributed by atoms with Crippen LogP contribution in [0.2, 0.25) is 0 Å². The summed E-state index contributed by atoms with van der Waals surface area (Å²) in [7, 11) is 1.75. The Morgan fingerprint density at radius 2 is 2.24 bits per heavy atom. The highest BCUT2D eigenvalue weighted by molar-refractivity contribution is 6.20. The summed E-state index contributed by atoms with van der Waals surface area (Å²) in [5.41, 5.74) is 0.940. The fourth-order valence-electron chi connectivity index (χ4n) is 2.46. The standard InChI is InChI=1S/C14H18ClFO/c1-17-14(6-3-7-14)10-12(15)8-11-4-2-5-13(16)9-11/h2,4-5,9,12H,3,6-8,10H2,1H3. The first-order valence-corrected chi connectivity index (χ1v) is 6.51. The fraction of sp³-hybridized carbons (Fsp3) is 0.571. The van der Waals surface area contributed by atoms with E-state index in [1.54, 1.807) is 19.2 Å². The Morgan fingerprint density at radius 1 is 1.47 bits per heavy atom. The van der Waals surface area contributed by atoms with Crippen molar-refractivity contribution in [3.05, 3.63) is 35.6 Å². The van der Waals surface area contributed by atoms with Gasteiger partial charge in [0.2, 0.25) is 0 Å². The van der Waals surface area contributed by atoms with Crippen LogP contribution in [0.5, 0.6) is 0 Å². The summed E-state index contributed by atoms with van der Waals surface area (Å²) in [5, 5.41) is 0.0112. The van der Waals surface area contributed by atoms with Gasteiger partial charge in [-0.15, -0.1) is 11.6 Å². The number of hydrogen-bond donors (Lipinski definition) is 0. The third-order valence-corrected chi connectivity index (χ3v) is 3.95. The summed E-state index contributed by atoms with van der Waals surface area (Å²) in [5.74, 6) is -0.198. The maximum absolute atomic E-state index is 13.0. The Hall–Kier alpha value is -0.600. The third-order valence-electron chi connectivity index (χ3n) is 3.64. The zero-order chi connectivity index (χ0) is 12.3. The van der Waals surface area contributed by atoms with Gasteiger partial charge in [0.1, 0.15) is 5.82 Å². The van der Waals surface area contributed by atoms with Crippen LogP contribution in [0.4, 0.5) is 4.39 Å². The van der Waals surface area contributed by atoms with Crippen molar-refractivity contribution in [3.8, 4) is 0 Å². The molecular formula is C14H18ClFO. The summed E-state index contributed by atoms with van der Waals surface area (Å²) >= 11 is 6.34. The van der Waals surface area contributed by atoms with E-state index in [9.17, 15) is 4.39 Å². The minimum atomic E-state index is -0.198. The summed E-state index contributed by atoms with van der Waals surface area (Å²) in [4.78, 5) is 0. The van der Waals surface area contributed by atoms with Crippen LogP contribution in [-0.2, 0) is 11.2 Å². The molecule has 1 atom stereocenters. The number of alkyl halides is 1. The Balaban J connectivity index is 1.90. The molecule has 1 nitrogen and oxygen atoms in total. The molecule has 0 N–H and O–H groups in total. The largest absolute Gasteiger partial charge is 0.378 e. The highest BCUT2D eigenvalue weighted by Crippen LogP contribution is 2.40. The molecule has 2 rings (SSSR count). The van der Waals surface area contributed by atoms with E-state index >= 15 is 0 Å². The van der Waals surface area contributed by atoms with Gasteiger partial charge >= 0.3 is 0 Å². The van der Waals surface area contributed by atoms with Crippen LogP contribution in [0.1, 0.15) is 31.2 Å². The van der Waals surface area contributed by atoms with Crippen molar-refractivity contribution in [2.24, 2.45) is 0 Å². The molecule has 1 aromatic carbocycles. The Morgan fingerprint density at radius 3 is 2.76 bits per heavy atom. The summed E-state index contributed by atoms with van der Waals surface area (Å²) < 4.78 is 18.6. The van der Waals surface area contributed by atoms with Crippen LogP contribution in [0, 0.1) is 5.82 Å². The normalized spacial score (nSPS) is 19.7. The molecule has 0 amide bonds. The average molecular weight is 257 g/mol. The Bertz CT molecular complexity index is 371. The number of benzene rings is 1. The molecule has 0 aromatic heterocycles. The lowest BCUT2D eigenvalue weighted by molar-refractivity contribution is -0.0777. The minimum absolute atomic E-state index is 0.0112. The predicted molar refractivity (Wildman–Crippen MR) is 68.0 cm³/mol. The molecule has 0 heterocycles. The SMILES string of the molecule is COC1(CC(Cl)Cc2cccc(F)c2)CCC1. The van der Waals surface area contributed by atoms with Gasteiger partial charge in [-0.3, -0.25) is 0 Å². The number of halogens is 2. The second-order valence-electron chi connectivity index (χ2n) is 4.88. The van der Waals surface area contributed by atoms with Crippen molar-refractivity contribution in [1.29, 1.82) is 0 Å². The minimum Gasteiger partial charge on any atom is -0.378 e. The highest BCUT2D eigenvalue weighted by Gasteiger charge is 2.38. The molecule has 1 aliphatic carbocycles. The number of rotatable bonds is 5. The van der Waals surface area contributed by atoms with Crippen LogP contribution in [0.25, 0.3) is 0 Å². The van der Waals surface area contributed by atoms with Gasteiger partial charge in [0.05, 0.1) is 5.60 Å². The molecule has 1 saturated carbocycles. The molecule has 0 saturated heterocycles. The quantitative estimate of drug-likeness (QED) is 0.726. The van der Waals surface area contributed by atoms with Gasteiger partial charge in [-0.2, -0.15) is 0 Å². The molecule has 0 radical (unpaired) electrons. The van der Waals surface area contributed by atoms with E-state index in [2.05, 4.69) is 0 Å². The van der Waals surface area contributed by atoms with E-state index in [0.717, 1.165) is 24.8 Å². The van der Waals surface area contributed by atoms with Gasteiger partial charge in [-0.25, -0.2) is 4.39 Å². The third kappa shape index (κ3) is 3.20. The molecular weight excluding hydrogens is 239 g/mol. The maximum atomic E-state index is 13.0. The topological polar surface area (TPSA) is 9.23 Å². The van der Waals surface area contributed by atoms with E-state index in [1.165, 1.54) is 12.5 Å². The zero-order valence-corrected chi connectivity index (χ0v) is 10.8. The second kappa shape index (κ2) is 5.36. The van der Waals surface area contributed by atoms with Crippen LogP contribution < -0.4 is 0 Å². The summed E-state index contributed by atoms with van der Waals surface area (Å²) in [6.07, 6.45) is 4.95. The van der Waals surface area contributed by atoms with E-state index in [1.807, 2.05) is 6.07 Å². The monoisotopic (exact) mass is 256 g/mol. The molecule has 17 heavy (non-hydrogen) atoms. The molecule has 1 fully saturated rings. The average Bonchev–Trinajstić information content (AvgIpc) is 2.23. The van der Waals surface area contributed by atoms with Crippen molar-refractivity contribution >= 4 is 11.6 Å². The molecule has 1 aliphatic rings. The van der Waals surface area contributed by atoms with Crippen molar-refractivity contribution in [1.82, 2.24) is 0 Å². The van der Waals surface area contributed by atoms with Gasteiger partial charge in [0.25, 0.3) is 0 Å². The smallest absolute Gasteiger partial charge is 0.123 e. The zero-order valence-electron chi connectivity index (χ0n) is 10.1. The van der Waals surface area contributed by atoms with Crippen LogP contribution >= 0.6 is 11.6 Å². The van der Waals surface area contributed by atoms with Gasteiger partial charge in [0.15, 0.2) is 0 Å². The lowest BCUT2D eigenvalue weighted by Gasteiger charge is -2.41. The molecule has 0 aliphatic heterocycles. The van der Waals surface area contributed by atoms with Crippen LogP contribution in [0.3, 0.4) is 0 Å². The lowest BCUT2D eigenvalue weighted by Crippen LogP contribution is -2.41. The van der Waals surface area contributed by atoms with E-state index in [0.29, 0.717) is 6.42 Å². The lowest BCUT2D eigenvalue weighted by atomic mass is 9.76. The van der Waals surface area contributed by atoms with Crippen LogP contribution in [0.15, 0.2) is 24.3 Å². The first kappa shape index (κ1) is 12.8. The van der Waals surface area contributed by atoms with Crippen molar-refractivity contribution < 1.29 is 9.13 Å². The highest BCUT2D eigenvalue weighted by atomic mass is 35.5. The summed E-state index contributed by atoms with van der Waals surface area (Å²) in [6, 6.07) is 6.65. The van der Waals surface area contributed by atoms with Gasteiger partial charge < -0.3 is 4.74 Å². The van der Waals surface area contributed by atoms with Gasteiger partial charge in [-0.05, 0) is 49.8 Å². The summed E-state index contributed by atoms with van der Waals surface area (Å²) in [6.45, 7) is 0. The first-order chi connectivity index (χ1) is 8.13. The Kier molecular flexibility index (Phi) is 4.05. The van der Waals surface area contributed by atoms with Crippen LogP contribution in [-0.4, -0.2) is 18.1 Å². The number of methoxy groups -OCH3 is 1. The van der Waals surface area contributed by atoms with Crippen molar-refractivity contribution in [3.63, 3.8) is 0 Å². The van der Waals surface area contributed by atoms with E-state index < -0.39 is 0 Å². The van der Waals surface area contributed by atoms with E-state index in [-0.39, 0.29) is 16.8 Å². The number of hydrogen-bond acceptors (Lipinski definition) is 1. The van der Waals surface area contributed by atoms with Crippen molar-refractivity contribution in [2.75, 3.05) is 7.11 Å². The fourth-order valence-corrected chi connectivity index (χ4v) is 2.92. The van der Waals surface area contributed by atoms with Gasteiger partial charge in [-0.1, -0.05) is 12.1 Å². The molecule has 1 aromatic rings. The Labute approximate surface area is 107 Å². The molecule has 3 heteroatoms. The number of ether oxygens (including phenoxy) is 1. The second-order valence-corrected chi connectivity index (χ2v) is 5.49. The molecule has 0 bridgehead atoms. The first-order valence-electron chi connectivity index (χ1n) is 6.07. The van der Waals surface area contributed by atoms with Crippen molar-refractivity contribution in [2.45, 2.75) is 43.1 Å².